The van der Waals surface area contributed by atoms with Gasteiger partial charge in [0.25, 0.3) is 57.7 Å². The number of aromatic nitrogens is 4. The van der Waals surface area contributed by atoms with Crippen LogP contribution in [0.1, 0.15) is 131 Å². The number of nitrogens with zero attached hydrogens (tertiary/aromatic N) is 6. The second kappa shape index (κ2) is 38.6. The van der Waals surface area contributed by atoms with Gasteiger partial charge < -0.3 is 75.3 Å². The molecule has 4 aromatic carbocycles. The summed E-state index contributed by atoms with van der Waals surface area (Å²) in [6, 6.07) is 44.1. The van der Waals surface area contributed by atoms with Gasteiger partial charge in [-0.2, -0.15) is 0 Å². The third-order valence-electron chi connectivity index (χ3n) is 17.2. The van der Waals surface area contributed by atoms with E-state index in [0.717, 1.165) is 27.7 Å². The van der Waals surface area contributed by atoms with Crippen LogP contribution in [0.4, 0.5) is 4.79 Å². The predicted octanol–water partition coefficient (Wildman–Crippen LogP) is 3.12. The molecule has 31 heteroatoms. The molecule has 4 bridgehead atoms. The highest BCUT2D eigenvalue weighted by Gasteiger charge is 2.35. The minimum absolute atomic E-state index is 0.0112. The van der Waals surface area contributed by atoms with Crippen LogP contribution >= 0.6 is 0 Å². The number of hydrogen-bond donors (Lipinski definition) is 6. The highest BCUT2D eigenvalue weighted by molar-refractivity contribution is 5.99. The molecule has 4 aliphatic rings. The van der Waals surface area contributed by atoms with E-state index in [0.29, 0.717) is 31.7 Å². The first kappa shape index (κ1) is 78.9. The standard InChI is InChI=1S/C78H86N12O19/c1-78(2,3)109-77(102)81-40-46-103-45-39-80-70(95)59-37-44-86(76(101)65-30-19-32-67(92)88(65)106-48-54-23-10-5-11-24-54)42-17-16-41-85(75(100)64-29-18-31-66(91)87(64)105-47-53-21-8-4-9-22-53)43-20-38-79-71(96)62-35-33-57(73(98)89(62)107-49-55-25-12-6-13-26-55)68(93)83-60-51-104-52-61(60)84-69(94)58-34-36-63(72(97)82-59)90(74(58)99)108-50-56-27-14-7-15-28-56/h4-15,18-19,21-36,59-61H,16-17,20,37-52H2,1-3H3,(H,79,96)(H,80,95)(H,81,102)(H,82,97)(H,83,93)(H,84,94)/t59?,60-,61+/m1/s1. The van der Waals surface area contributed by atoms with Gasteiger partial charge >= 0.3 is 6.09 Å². The van der Waals surface area contributed by atoms with Crippen molar-refractivity contribution in [3.05, 3.63) is 280 Å². The SMILES string of the molecule is CC(C)(C)OC(=O)NCCOCCNC(=O)C1CCN(C(=O)c2cccc(=O)n2OCc2ccccc2)CCCCN(C(=O)c2cccc(=O)n2OCc2ccccc2)CCCNC(=O)c2ccc(c(=O)n2OCc2ccccc2)C(=O)N[C@@H]2COC[C@@H]2NC(=O)c2ccc(n(OCc3ccccc3)c2=O)C(=O)N1. The fourth-order valence-corrected chi connectivity index (χ4v) is 11.6. The summed E-state index contributed by atoms with van der Waals surface area (Å²) in [5, 5.41) is 16.3. The number of carbonyl (C=O) groups is 8. The van der Waals surface area contributed by atoms with Crippen LogP contribution in [0, 0.1) is 0 Å². The largest absolute Gasteiger partial charge is 0.444 e. The van der Waals surface area contributed by atoms with E-state index in [9.17, 15) is 43.2 Å². The van der Waals surface area contributed by atoms with E-state index >= 15 is 14.4 Å². The molecule has 0 spiro atoms. The molecule has 8 aromatic rings. The van der Waals surface area contributed by atoms with Gasteiger partial charge in [0.1, 0.15) is 72.0 Å². The molecule has 8 heterocycles. The van der Waals surface area contributed by atoms with E-state index in [4.69, 9.17) is 33.6 Å². The van der Waals surface area contributed by atoms with Gasteiger partial charge in [-0.05, 0) is 105 Å². The number of hydrogen-bond acceptors (Lipinski definition) is 19. The number of fused-ring (bicyclic) bond motifs is 2. The fraction of sp³-hybridized carbons (Fsp3) is 0.333. The Morgan fingerprint density at radius 2 is 0.862 bits per heavy atom. The molecule has 1 unspecified atom stereocenters. The van der Waals surface area contributed by atoms with E-state index in [-0.39, 0.29) is 141 Å². The Balaban J connectivity index is 1.01. The summed E-state index contributed by atoms with van der Waals surface area (Å²) in [5.41, 5.74) is -3.91. The van der Waals surface area contributed by atoms with Gasteiger partial charge in [0.15, 0.2) is 0 Å². The highest BCUT2D eigenvalue weighted by atomic mass is 16.7. The van der Waals surface area contributed by atoms with Gasteiger partial charge in [-0.15, -0.1) is 18.9 Å². The lowest BCUT2D eigenvalue weighted by atomic mass is 10.1. The molecule has 12 rings (SSSR count). The third-order valence-corrected chi connectivity index (χ3v) is 17.2. The van der Waals surface area contributed by atoms with Crippen molar-refractivity contribution < 1.29 is 71.9 Å². The van der Waals surface area contributed by atoms with Crippen LogP contribution < -0.4 is 73.5 Å². The molecule has 109 heavy (non-hydrogen) atoms. The van der Waals surface area contributed by atoms with Crippen LogP contribution in [0.3, 0.4) is 0 Å². The second-order valence-electron chi connectivity index (χ2n) is 26.3. The molecule has 6 N–H and O–H groups in total. The van der Waals surface area contributed by atoms with Crippen molar-refractivity contribution in [1.82, 2.24) is 60.6 Å². The number of nitrogens with one attached hydrogen (secondary N) is 6. The van der Waals surface area contributed by atoms with Crippen LogP contribution in [0.2, 0.25) is 0 Å². The molecule has 3 atom stereocenters. The van der Waals surface area contributed by atoms with E-state index in [1.807, 2.05) is 6.07 Å². The number of amides is 8. The van der Waals surface area contributed by atoms with E-state index in [2.05, 4.69) is 31.9 Å². The molecule has 572 valence electrons. The quantitative estimate of drug-likeness (QED) is 0.0563. The topological polar surface area (TPSA) is 368 Å². The van der Waals surface area contributed by atoms with Crippen molar-refractivity contribution in [3.8, 4) is 0 Å². The third kappa shape index (κ3) is 22.2. The maximum atomic E-state index is 15.4. The van der Waals surface area contributed by atoms with Crippen molar-refractivity contribution in [3.63, 3.8) is 0 Å². The van der Waals surface area contributed by atoms with Crippen molar-refractivity contribution >= 4 is 47.4 Å². The maximum Gasteiger partial charge on any atom is 0.407 e. The first-order valence-corrected chi connectivity index (χ1v) is 35.5. The Kier molecular flexibility index (Phi) is 27.9. The highest BCUT2D eigenvalue weighted by Crippen LogP contribution is 2.16. The zero-order valence-corrected chi connectivity index (χ0v) is 60.4. The van der Waals surface area contributed by atoms with Crippen molar-refractivity contribution in [1.29, 1.82) is 0 Å². The number of pyridine rings is 4. The van der Waals surface area contributed by atoms with Crippen LogP contribution in [-0.2, 0) is 45.4 Å². The average Bonchev–Trinajstić information content (AvgIpc) is 1.72. The molecule has 4 aliphatic heterocycles. The molecule has 0 saturated carbocycles. The molecular formula is C78H86N12O19. The molecule has 1 fully saturated rings. The Bertz CT molecular complexity index is 4740. The fourth-order valence-electron chi connectivity index (χ4n) is 11.6. The lowest BCUT2D eigenvalue weighted by molar-refractivity contribution is -0.123. The number of carbonyl (C=O) groups excluding carboxylic acids is 8. The van der Waals surface area contributed by atoms with Gasteiger partial charge in [0, 0.05) is 57.9 Å². The molecule has 8 amide bonds. The second-order valence-corrected chi connectivity index (χ2v) is 26.3. The van der Waals surface area contributed by atoms with Gasteiger partial charge in [-0.3, -0.25) is 52.7 Å². The van der Waals surface area contributed by atoms with Crippen molar-refractivity contribution in [2.24, 2.45) is 0 Å². The van der Waals surface area contributed by atoms with Crippen LogP contribution in [0.5, 0.6) is 0 Å². The van der Waals surface area contributed by atoms with E-state index in [1.165, 1.54) is 52.3 Å². The van der Waals surface area contributed by atoms with Crippen LogP contribution in [-0.4, -0.2) is 172 Å². The summed E-state index contributed by atoms with van der Waals surface area (Å²) < 4.78 is 19.8. The number of benzene rings is 4. The monoisotopic (exact) mass is 1490 g/mol. The first-order chi connectivity index (χ1) is 52.7. The molecule has 4 aromatic heterocycles. The molecular weight excluding hydrogens is 1410 g/mol. The van der Waals surface area contributed by atoms with Crippen molar-refractivity contribution in [2.45, 2.75) is 96.6 Å². The van der Waals surface area contributed by atoms with E-state index in [1.54, 1.807) is 136 Å². The normalized spacial score (nSPS) is 16.3. The summed E-state index contributed by atoms with van der Waals surface area (Å²) >= 11 is 0. The van der Waals surface area contributed by atoms with Crippen molar-refractivity contribution in [2.75, 3.05) is 72.2 Å². The number of alkyl carbamates (subject to hydrolysis) is 1. The van der Waals surface area contributed by atoms with Crippen LogP contribution in [0.15, 0.2) is 201 Å². The Morgan fingerprint density at radius 1 is 0.450 bits per heavy atom. The Morgan fingerprint density at radius 3 is 1.31 bits per heavy atom. The van der Waals surface area contributed by atoms with Gasteiger partial charge in [0.2, 0.25) is 5.91 Å². The first-order valence-electron chi connectivity index (χ1n) is 35.5. The molecule has 31 nitrogen and oxygen atoms in total. The zero-order chi connectivity index (χ0) is 77.2. The lowest BCUT2D eigenvalue weighted by Gasteiger charge is -2.28. The average molecular weight is 1500 g/mol. The minimum Gasteiger partial charge on any atom is -0.444 e. The predicted molar refractivity (Wildman–Crippen MR) is 395 cm³/mol. The summed E-state index contributed by atoms with van der Waals surface area (Å²) in [7, 11) is 0. The number of ether oxygens (including phenoxy) is 3. The Hall–Kier alpha value is -12.6. The van der Waals surface area contributed by atoms with Gasteiger partial charge in [-0.25, -0.2) is 4.79 Å². The molecule has 1 saturated heterocycles. The summed E-state index contributed by atoms with van der Waals surface area (Å²) in [6.07, 6.45) is -0.705. The minimum atomic E-state index is -1.55. The summed E-state index contributed by atoms with van der Waals surface area (Å²) in [4.78, 5) is 199. The lowest BCUT2D eigenvalue weighted by Crippen LogP contribution is -2.53. The summed E-state index contributed by atoms with van der Waals surface area (Å²) in [6.45, 7) is 3.14. The summed E-state index contributed by atoms with van der Waals surface area (Å²) in [5.74, 6) is -6.01. The number of rotatable bonds is 21. The molecule has 0 aliphatic carbocycles. The zero-order valence-electron chi connectivity index (χ0n) is 60.4. The Labute approximate surface area is 625 Å². The van der Waals surface area contributed by atoms with E-state index < -0.39 is 110 Å². The maximum absolute atomic E-state index is 15.4. The van der Waals surface area contributed by atoms with Crippen LogP contribution in [0.25, 0.3) is 0 Å². The smallest absolute Gasteiger partial charge is 0.407 e. The molecule has 0 radical (unpaired) electrons. The van der Waals surface area contributed by atoms with Gasteiger partial charge in [-0.1, -0.05) is 133 Å². The van der Waals surface area contributed by atoms with Gasteiger partial charge in [0.05, 0.1) is 38.5 Å².